The monoisotopic (exact) mass is 510 g/mol. The van der Waals surface area contributed by atoms with Crippen LogP contribution in [-0.2, 0) is 34.6 Å². The van der Waals surface area contributed by atoms with Crippen molar-refractivity contribution < 1.29 is 30.8 Å². The summed E-state index contributed by atoms with van der Waals surface area (Å²) in [4.78, 5) is 17.0. The Morgan fingerprint density at radius 2 is 1.86 bits per heavy atom. The zero-order valence-electron chi connectivity index (χ0n) is 18.5. The number of sulfonamides is 1. The van der Waals surface area contributed by atoms with Crippen LogP contribution in [-0.4, -0.2) is 41.3 Å². The Kier molecular flexibility index (Phi) is 6.69. The second-order valence-corrected chi connectivity index (χ2v) is 10.3. The van der Waals surface area contributed by atoms with Crippen molar-refractivity contribution in [2.75, 3.05) is 13.1 Å². The molecule has 1 saturated heterocycles. The van der Waals surface area contributed by atoms with Gasteiger partial charge in [0.25, 0.3) is 10.0 Å². The fourth-order valence-electron chi connectivity index (χ4n) is 4.11. The van der Waals surface area contributed by atoms with Crippen LogP contribution in [0.25, 0.3) is 0 Å². The fourth-order valence-corrected chi connectivity index (χ4v) is 5.57. The lowest BCUT2D eigenvalue weighted by Gasteiger charge is -2.18. The molecule has 1 aliphatic heterocycles. The van der Waals surface area contributed by atoms with Crippen LogP contribution in [0.1, 0.15) is 22.6 Å². The van der Waals surface area contributed by atoms with Crippen LogP contribution in [0.2, 0.25) is 0 Å². The molecule has 1 aromatic heterocycles. The lowest BCUT2D eigenvalue weighted by Crippen LogP contribution is -2.35. The van der Waals surface area contributed by atoms with E-state index in [4.69, 9.17) is 0 Å². The lowest BCUT2D eigenvalue weighted by atomic mass is 9.88. The van der Waals surface area contributed by atoms with Crippen molar-refractivity contribution >= 4 is 15.9 Å². The maximum Gasteiger partial charge on any atom is 0.416 e. The van der Waals surface area contributed by atoms with Gasteiger partial charge in [0.1, 0.15) is 5.82 Å². The van der Waals surface area contributed by atoms with Gasteiger partial charge in [-0.3, -0.25) is 4.79 Å². The largest absolute Gasteiger partial charge is 0.416 e. The smallest absolute Gasteiger partial charge is 0.352 e. The Morgan fingerprint density at radius 3 is 2.49 bits per heavy atom. The van der Waals surface area contributed by atoms with Crippen LogP contribution >= 0.6 is 0 Å². The third-order valence-electron chi connectivity index (χ3n) is 5.93. The van der Waals surface area contributed by atoms with Crippen molar-refractivity contribution in [3.05, 3.63) is 83.6 Å². The number of amides is 1. The Bertz CT molecular complexity index is 1320. The quantitative estimate of drug-likeness (QED) is 0.516. The summed E-state index contributed by atoms with van der Waals surface area (Å²) in [6, 6.07) is 10.0. The van der Waals surface area contributed by atoms with Crippen LogP contribution in [0.15, 0.2) is 66.1 Å². The third-order valence-corrected chi connectivity index (χ3v) is 7.65. The van der Waals surface area contributed by atoms with E-state index in [2.05, 4.69) is 10.3 Å². The fraction of sp³-hybridized carbons (Fsp3) is 0.304. The molecule has 0 bridgehead atoms. The number of alkyl halides is 3. The molecule has 0 radical (unpaired) electrons. The molecule has 4 rings (SSSR count). The molecule has 12 heteroatoms. The minimum Gasteiger partial charge on any atom is -0.352 e. The molecule has 2 aromatic carbocycles. The molecule has 3 aromatic rings. The van der Waals surface area contributed by atoms with E-state index in [-0.39, 0.29) is 30.2 Å². The van der Waals surface area contributed by atoms with E-state index in [1.165, 1.54) is 53.5 Å². The highest BCUT2D eigenvalue weighted by Gasteiger charge is 2.44. The van der Waals surface area contributed by atoms with Crippen molar-refractivity contribution in [1.29, 1.82) is 0 Å². The molecule has 35 heavy (non-hydrogen) atoms. The van der Waals surface area contributed by atoms with E-state index < -0.39 is 45.3 Å². The molecule has 7 nitrogen and oxygen atoms in total. The standard InChI is InChI=1S/C23H22F4N4O3S/c1-30-13-21(29-14-30)35(33,34)31-11-19(16-5-7-18(24)8-6-16)20(12-31)22(32)28-10-15-3-2-4-17(9-15)23(25,26)27/h2-9,13-14,19-20H,10-12H2,1H3,(H,28,32). The van der Waals surface area contributed by atoms with Crippen LogP contribution in [0.5, 0.6) is 0 Å². The number of hydrogen-bond donors (Lipinski definition) is 1. The third kappa shape index (κ3) is 5.38. The highest BCUT2D eigenvalue weighted by atomic mass is 32.2. The Labute approximate surface area is 199 Å². The minimum absolute atomic E-state index is 0.0355. The zero-order valence-corrected chi connectivity index (χ0v) is 19.4. The first-order valence-electron chi connectivity index (χ1n) is 10.6. The average Bonchev–Trinajstić information content (AvgIpc) is 3.45. The number of nitrogens with one attached hydrogen (secondary N) is 1. The summed E-state index contributed by atoms with van der Waals surface area (Å²) in [6.07, 6.45) is -1.82. The summed E-state index contributed by atoms with van der Waals surface area (Å²) in [5, 5.41) is 2.46. The van der Waals surface area contributed by atoms with E-state index in [1.807, 2.05) is 0 Å². The van der Waals surface area contributed by atoms with E-state index in [1.54, 1.807) is 7.05 Å². The molecule has 2 atom stereocenters. The Morgan fingerprint density at radius 1 is 1.14 bits per heavy atom. The molecule has 1 amide bonds. The van der Waals surface area contributed by atoms with Gasteiger partial charge in [-0.1, -0.05) is 24.3 Å². The number of rotatable bonds is 6. The normalized spacial score (nSPS) is 19.1. The highest BCUT2D eigenvalue weighted by Crippen LogP contribution is 2.36. The van der Waals surface area contributed by atoms with Crippen LogP contribution in [0.4, 0.5) is 17.6 Å². The summed E-state index contributed by atoms with van der Waals surface area (Å²) in [7, 11) is -2.37. The van der Waals surface area contributed by atoms with Gasteiger partial charge in [-0.05, 0) is 35.4 Å². The summed E-state index contributed by atoms with van der Waals surface area (Å²) in [5.74, 6) is -2.42. The Hall–Kier alpha value is -3.25. The summed E-state index contributed by atoms with van der Waals surface area (Å²) >= 11 is 0. The second kappa shape index (κ2) is 9.42. The van der Waals surface area contributed by atoms with Gasteiger partial charge in [0.2, 0.25) is 5.91 Å². The van der Waals surface area contributed by atoms with Gasteiger partial charge in [0.05, 0.1) is 17.8 Å². The van der Waals surface area contributed by atoms with E-state index in [0.29, 0.717) is 5.56 Å². The van der Waals surface area contributed by atoms with E-state index in [9.17, 15) is 30.8 Å². The molecule has 2 heterocycles. The van der Waals surface area contributed by atoms with Gasteiger partial charge >= 0.3 is 6.18 Å². The SMILES string of the molecule is Cn1cnc(S(=O)(=O)N2CC(C(=O)NCc3cccc(C(F)(F)F)c3)C(c3ccc(F)cc3)C2)c1. The lowest BCUT2D eigenvalue weighted by molar-refractivity contribution is -0.137. The average molecular weight is 511 g/mol. The van der Waals surface area contributed by atoms with Gasteiger partial charge in [0.15, 0.2) is 5.03 Å². The first-order chi connectivity index (χ1) is 16.4. The van der Waals surface area contributed by atoms with Crippen LogP contribution in [0.3, 0.4) is 0 Å². The number of carbonyl (C=O) groups is 1. The molecular formula is C23H22F4N4O3S. The summed E-state index contributed by atoms with van der Waals surface area (Å²) in [5.41, 5.74) is -0.00580. The topological polar surface area (TPSA) is 84.3 Å². The first kappa shape index (κ1) is 24.9. The summed E-state index contributed by atoms with van der Waals surface area (Å²) < 4.78 is 81.3. The van der Waals surface area contributed by atoms with E-state index in [0.717, 1.165) is 16.4 Å². The maximum absolute atomic E-state index is 13.5. The molecular weight excluding hydrogens is 488 g/mol. The molecule has 0 aliphatic carbocycles. The van der Waals surface area contributed by atoms with E-state index >= 15 is 0 Å². The van der Waals surface area contributed by atoms with Crippen LogP contribution in [0, 0.1) is 11.7 Å². The van der Waals surface area contributed by atoms with Gasteiger partial charge in [0, 0.05) is 38.8 Å². The van der Waals surface area contributed by atoms with Crippen molar-refractivity contribution in [3.63, 3.8) is 0 Å². The number of aryl methyl sites for hydroxylation is 1. The number of imidazole rings is 1. The number of halogens is 4. The highest BCUT2D eigenvalue weighted by molar-refractivity contribution is 7.89. The molecule has 0 saturated carbocycles. The number of hydrogen-bond acceptors (Lipinski definition) is 4. The Balaban J connectivity index is 1.56. The maximum atomic E-state index is 13.5. The molecule has 1 N–H and O–H groups in total. The number of nitrogens with zero attached hydrogens (tertiary/aromatic N) is 3. The predicted octanol–water partition coefficient (Wildman–Crippen LogP) is 3.30. The molecule has 186 valence electrons. The van der Waals surface area contributed by atoms with Gasteiger partial charge < -0.3 is 9.88 Å². The van der Waals surface area contributed by atoms with Crippen molar-refractivity contribution in [2.24, 2.45) is 13.0 Å². The molecule has 1 fully saturated rings. The number of benzene rings is 2. The minimum atomic E-state index is -4.51. The predicted molar refractivity (Wildman–Crippen MR) is 118 cm³/mol. The molecule has 2 unspecified atom stereocenters. The number of aromatic nitrogens is 2. The van der Waals surface area contributed by atoms with Crippen molar-refractivity contribution in [2.45, 2.75) is 23.7 Å². The van der Waals surface area contributed by atoms with Crippen molar-refractivity contribution in [3.8, 4) is 0 Å². The second-order valence-electron chi connectivity index (χ2n) is 8.38. The van der Waals surface area contributed by atoms with Crippen LogP contribution < -0.4 is 5.32 Å². The van der Waals surface area contributed by atoms with Crippen molar-refractivity contribution in [1.82, 2.24) is 19.2 Å². The number of carbonyl (C=O) groups excluding carboxylic acids is 1. The van der Waals surface area contributed by atoms with Gasteiger partial charge in [-0.25, -0.2) is 17.8 Å². The van der Waals surface area contributed by atoms with Gasteiger partial charge in [-0.15, -0.1) is 0 Å². The first-order valence-corrected chi connectivity index (χ1v) is 12.1. The molecule has 0 spiro atoms. The molecule has 1 aliphatic rings. The zero-order chi connectivity index (χ0) is 25.4. The summed E-state index contributed by atoms with van der Waals surface area (Å²) in [6.45, 7) is -0.357. The van der Waals surface area contributed by atoms with Gasteiger partial charge in [-0.2, -0.15) is 17.5 Å².